The fourth-order valence-electron chi connectivity index (χ4n) is 3.46. The fourth-order valence-corrected chi connectivity index (χ4v) is 3.46. The SMILES string of the molecule is CC(C)(C)OC(=O)Nc1ccccc1CC1(C)OB(NC(=O)c2ccccc2)OC1(C)C. The molecule has 0 bridgehead atoms. The number of carbonyl (C=O) groups excluding carboxylic acids is 2. The third-order valence-electron chi connectivity index (χ3n) is 5.51. The summed E-state index contributed by atoms with van der Waals surface area (Å²) in [5, 5.41) is 5.61. The van der Waals surface area contributed by atoms with Gasteiger partial charge in [-0.05, 0) is 65.3 Å². The summed E-state index contributed by atoms with van der Waals surface area (Å²) in [5.41, 5.74) is -0.0436. The second-order valence-corrected chi connectivity index (χ2v) is 9.61. The predicted octanol–water partition coefficient (Wildman–Crippen LogP) is 4.58. The summed E-state index contributed by atoms with van der Waals surface area (Å²) in [7, 11) is -0.895. The molecule has 2 aromatic rings. The van der Waals surface area contributed by atoms with Gasteiger partial charge in [0.2, 0.25) is 5.91 Å². The number of ether oxygens (including phenoxy) is 1. The van der Waals surface area contributed by atoms with Crippen LogP contribution in [-0.4, -0.2) is 36.1 Å². The molecule has 0 aromatic heterocycles. The molecule has 0 radical (unpaired) electrons. The standard InChI is InChI=1S/C24H31BN2O5/c1-22(2,3)30-21(29)26-19-15-11-10-14-18(19)16-24(6)23(4,5)31-25(32-24)27-20(28)17-12-8-7-9-13-17/h7-15H,16H2,1-6H3,(H,26,29)(H,27,28). The maximum absolute atomic E-state index is 12.5. The number of nitrogens with one attached hydrogen (secondary N) is 2. The van der Waals surface area contributed by atoms with Gasteiger partial charge in [0.25, 0.3) is 0 Å². The van der Waals surface area contributed by atoms with Crippen LogP contribution < -0.4 is 10.5 Å². The van der Waals surface area contributed by atoms with E-state index in [1.54, 1.807) is 24.3 Å². The second kappa shape index (κ2) is 8.96. The smallest absolute Gasteiger partial charge is 0.444 e. The van der Waals surface area contributed by atoms with Crippen LogP contribution in [0, 0.1) is 0 Å². The Bertz CT molecular complexity index is 974. The third-order valence-corrected chi connectivity index (χ3v) is 5.51. The lowest BCUT2D eigenvalue weighted by atomic mass is 9.82. The highest BCUT2D eigenvalue weighted by Gasteiger charge is 2.55. The van der Waals surface area contributed by atoms with Crippen LogP contribution in [0.3, 0.4) is 0 Å². The van der Waals surface area contributed by atoms with Crippen molar-refractivity contribution in [1.29, 1.82) is 0 Å². The van der Waals surface area contributed by atoms with Gasteiger partial charge in [-0.3, -0.25) is 10.1 Å². The molecule has 2 N–H and O–H groups in total. The van der Waals surface area contributed by atoms with Gasteiger partial charge in [0.15, 0.2) is 0 Å². The molecule has 170 valence electrons. The molecular formula is C24H31BN2O5. The zero-order valence-electron chi connectivity index (χ0n) is 19.5. The lowest BCUT2D eigenvalue weighted by Crippen LogP contribution is -2.46. The zero-order chi connectivity index (χ0) is 23.6. The molecular weight excluding hydrogens is 407 g/mol. The summed E-state index contributed by atoms with van der Waals surface area (Å²) in [6, 6.07) is 16.4. The van der Waals surface area contributed by atoms with Gasteiger partial charge in [-0.25, -0.2) is 4.79 Å². The number of para-hydroxylation sites is 1. The number of anilines is 1. The maximum Gasteiger partial charge on any atom is 0.594 e. The van der Waals surface area contributed by atoms with E-state index < -0.39 is 30.1 Å². The number of amides is 2. The van der Waals surface area contributed by atoms with E-state index in [4.69, 9.17) is 14.0 Å². The summed E-state index contributed by atoms with van der Waals surface area (Å²) >= 11 is 0. The van der Waals surface area contributed by atoms with Crippen LogP contribution >= 0.6 is 0 Å². The Morgan fingerprint density at radius 3 is 2.25 bits per heavy atom. The zero-order valence-corrected chi connectivity index (χ0v) is 19.5. The molecule has 1 unspecified atom stereocenters. The molecule has 1 atom stereocenters. The highest BCUT2D eigenvalue weighted by atomic mass is 16.7. The Labute approximate surface area is 190 Å². The molecule has 32 heavy (non-hydrogen) atoms. The summed E-state index contributed by atoms with van der Waals surface area (Å²) in [6.45, 7) is 11.2. The van der Waals surface area contributed by atoms with E-state index in [1.165, 1.54) is 0 Å². The van der Waals surface area contributed by atoms with Crippen molar-refractivity contribution in [3.05, 3.63) is 65.7 Å². The quantitative estimate of drug-likeness (QED) is 0.668. The lowest BCUT2D eigenvalue weighted by Gasteiger charge is -2.36. The van der Waals surface area contributed by atoms with Crippen LogP contribution in [0.1, 0.15) is 57.5 Å². The van der Waals surface area contributed by atoms with Crippen LogP contribution in [-0.2, 0) is 20.5 Å². The van der Waals surface area contributed by atoms with E-state index in [9.17, 15) is 9.59 Å². The van der Waals surface area contributed by atoms with Crippen LogP contribution in [0.15, 0.2) is 54.6 Å². The van der Waals surface area contributed by atoms with Gasteiger partial charge in [-0.15, -0.1) is 0 Å². The first-order valence-electron chi connectivity index (χ1n) is 10.7. The molecule has 0 saturated carbocycles. The molecule has 1 aliphatic heterocycles. The molecule has 3 rings (SSSR count). The first kappa shape index (κ1) is 23.8. The monoisotopic (exact) mass is 438 g/mol. The normalized spacial score (nSPS) is 20.0. The van der Waals surface area contributed by atoms with Crippen molar-refractivity contribution in [1.82, 2.24) is 5.23 Å². The number of hydrogen-bond acceptors (Lipinski definition) is 5. The second-order valence-electron chi connectivity index (χ2n) is 9.61. The first-order valence-corrected chi connectivity index (χ1v) is 10.7. The summed E-state index contributed by atoms with van der Waals surface area (Å²) in [6.07, 6.45) is -0.0742. The Balaban J connectivity index is 1.74. The average molecular weight is 438 g/mol. The third kappa shape index (κ3) is 5.69. The summed E-state index contributed by atoms with van der Waals surface area (Å²) in [4.78, 5) is 24.8. The van der Waals surface area contributed by atoms with Gasteiger partial charge >= 0.3 is 13.3 Å². The number of rotatable bonds is 5. The molecule has 2 aromatic carbocycles. The van der Waals surface area contributed by atoms with Gasteiger partial charge in [-0.1, -0.05) is 36.4 Å². The van der Waals surface area contributed by atoms with E-state index in [2.05, 4.69) is 10.5 Å². The minimum atomic E-state index is -0.895. The van der Waals surface area contributed by atoms with Crippen molar-refractivity contribution in [3.63, 3.8) is 0 Å². The van der Waals surface area contributed by atoms with Crippen molar-refractivity contribution < 1.29 is 23.6 Å². The molecule has 1 aliphatic rings. The largest absolute Gasteiger partial charge is 0.594 e. The van der Waals surface area contributed by atoms with E-state index in [0.29, 0.717) is 17.7 Å². The highest BCUT2D eigenvalue weighted by molar-refractivity contribution is 6.47. The van der Waals surface area contributed by atoms with Crippen LogP contribution in [0.25, 0.3) is 0 Å². The summed E-state index contributed by atoms with van der Waals surface area (Å²) in [5.74, 6) is -0.275. The molecule has 0 spiro atoms. The average Bonchev–Trinajstić information content (AvgIpc) is 2.90. The molecule has 8 heteroatoms. The summed E-state index contributed by atoms with van der Waals surface area (Å²) < 4.78 is 17.6. The topological polar surface area (TPSA) is 85.9 Å². The van der Waals surface area contributed by atoms with Crippen LogP contribution in [0.4, 0.5) is 10.5 Å². The molecule has 1 heterocycles. The lowest BCUT2D eigenvalue weighted by molar-refractivity contribution is -0.00868. The van der Waals surface area contributed by atoms with E-state index in [1.807, 2.05) is 71.9 Å². The molecule has 1 fully saturated rings. The van der Waals surface area contributed by atoms with Crippen molar-refractivity contribution in [3.8, 4) is 0 Å². The maximum atomic E-state index is 12.5. The van der Waals surface area contributed by atoms with E-state index in [0.717, 1.165) is 5.56 Å². The van der Waals surface area contributed by atoms with Crippen LogP contribution in [0.2, 0.25) is 0 Å². The van der Waals surface area contributed by atoms with Gasteiger partial charge in [0, 0.05) is 17.7 Å². The Kier molecular flexibility index (Phi) is 6.67. The van der Waals surface area contributed by atoms with Gasteiger partial charge in [-0.2, -0.15) is 0 Å². The minimum absolute atomic E-state index is 0.275. The van der Waals surface area contributed by atoms with E-state index >= 15 is 0 Å². The van der Waals surface area contributed by atoms with Gasteiger partial charge in [0.05, 0.1) is 11.2 Å². The molecule has 7 nitrogen and oxygen atoms in total. The predicted molar refractivity (Wildman–Crippen MR) is 124 cm³/mol. The number of benzene rings is 2. The number of hydrogen-bond donors (Lipinski definition) is 2. The van der Waals surface area contributed by atoms with E-state index in [-0.39, 0.29) is 5.91 Å². The molecule has 2 amide bonds. The minimum Gasteiger partial charge on any atom is -0.444 e. The van der Waals surface area contributed by atoms with Crippen molar-refractivity contribution in [2.24, 2.45) is 0 Å². The first-order chi connectivity index (χ1) is 14.9. The Morgan fingerprint density at radius 1 is 0.969 bits per heavy atom. The van der Waals surface area contributed by atoms with Gasteiger partial charge < -0.3 is 19.3 Å². The highest BCUT2D eigenvalue weighted by Crippen LogP contribution is 2.40. The molecule has 0 aliphatic carbocycles. The van der Waals surface area contributed by atoms with Crippen molar-refractivity contribution in [2.75, 3.05) is 5.32 Å². The Hall–Kier alpha value is -2.84. The van der Waals surface area contributed by atoms with Crippen LogP contribution in [0.5, 0.6) is 0 Å². The fraction of sp³-hybridized carbons (Fsp3) is 0.417. The van der Waals surface area contributed by atoms with Crippen molar-refractivity contribution >= 4 is 24.9 Å². The van der Waals surface area contributed by atoms with Crippen molar-refractivity contribution in [2.45, 2.75) is 64.8 Å². The Morgan fingerprint density at radius 2 is 1.59 bits per heavy atom. The molecule has 1 saturated heterocycles. The van der Waals surface area contributed by atoms with Gasteiger partial charge in [0.1, 0.15) is 5.60 Å². The number of carbonyl (C=O) groups is 2.